The first kappa shape index (κ1) is 15.5. The van der Waals surface area contributed by atoms with Gasteiger partial charge < -0.3 is 15.4 Å². The minimum Gasteiger partial charge on any atom is -0.492 e. The highest BCUT2D eigenvalue weighted by molar-refractivity contribution is 7.99. The molecule has 0 unspecified atom stereocenters. The third kappa shape index (κ3) is 4.04. The lowest BCUT2D eigenvalue weighted by Crippen LogP contribution is -2.37. The number of carbonyl (C=O) groups is 1. The number of amides is 1. The molecule has 0 radical (unpaired) electrons. The van der Waals surface area contributed by atoms with Crippen molar-refractivity contribution in [3.63, 3.8) is 0 Å². The van der Waals surface area contributed by atoms with E-state index in [1.54, 1.807) is 18.2 Å². The summed E-state index contributed by atoms with van der Waals surface area (Å²) in [6, 6.07) is 5.21. The van der Waals surface area contributed by atoms with Crippen molar-refractivity contribution in [3.8, 4) is 5.75 Å². The maximum absolute atomic E-state index is 12.3. The van der Waals surface area contributed by atoms with E-state index in [4.69, 9.17) is 22.1 Å². The van der Waals surface area contributed by atoms with Gasteiger partial charge in [-0.3, -0.25) is 4.79 Å². The van der Waals surface area contributed by atoms with E-state index >= 15 is 0 Å². The molecule has 110 valence electrons. The van der Waals surface area contributed by atoms with Gasteiger partial charge in [0.25, 0.3) is 5.91 Å². The lowest BCUT2D eigenvalue weighted by molar-refractivity contribution is 0.0772. The highest BCUT2D eigenvalue weighted by Gasteiger charge is 2.19. The van der Waals surface area contributed by atoms with Crippen LogP contribution in [-0.4, -0.2) is 48.6 Å². The second kappa shape index (κ2) is 7.76. The molecule has 1 aromatic carbocycles. The molecular formula is C14H19ClN2O2S. The molecule has 0 saturated carbocycles. The van der Waals surface area contributed by atoms with Crippen LogP contribution in [0.1, 0.15) is 16.8 Å². The molecular weight excluding hydrogens is 296 g/mol. The molecule has 0 bridgehead atoms. The van der Waals surface area contributed by atoms with Crippen LogP contribution in [0.25, 0.3) is 0 Å². The van der Waals surface area contributed by atoms with Crippen LogP contribution in [0.15, 0.2) is 18.2 Å². The molecule has 0 aromatic heterocycles. The summed E-state index contributed by atoms with van der Waals surface area (Å²) in [6.45, 7) is 2.72. The Morgan fingerprint density at radius 2 is 2.15 bits per heavy atom. The van der Waals surface area contributed by atoms with E-state index < -0.39 is 0 Å². The summed E-state index contributed by atoms with van der Waals surface area (Å²) in [5, 5.41) is 0.472. The minimum atomic E-state index is 0.0423. The fourth-order valence-corrected chi connectivity index (χ4v) is 3.10. The summed E-state index contributed by atoms with van der Waals surface area (Å²) in [5.41, 5.74) is 6.03. The first-order valence-corrected chi connectivity index (χ1v) is 8.25. The molecule has 1 fully saturated rings. The summed E-state index contributed by atoms with van der Waals surface area (Å²) >= 11 is 8.04. The average Bonchev–Trinajstić information content (AvgIpc) is 2.49. The molecule has 0 atom stereocenters. The van der Waals surface area contributed by atoms with Gasteiger partial charge in [0.15, 0.2) is 0 Å². The van der Waals surface area contributed by atoms with Crippen molar-refractivity contribution in [1.29, 1.82) is 0 Å². The van der Waals surface area contributed by atoms with Gasteiger partial charge in [-0.25, -0.2) is 0 Å². The number of rotatable bonds is 5. The largest absolute Gasteiger partial charge is 0.492 e. The van der Waals surface area contributed by atoms with E-state index in [0.717, 1.165) is 31.0 Å². The molecule has 1 aliphatic rings. The van der Waals surface area contributed by atoms with Gasteiger partial charge in [-0.2, -0.15) is 11.8 Å². The Labute approximate surface area is 128 Å². The molecule has 20 heavy (non-hydrogen) atoms. The second-order valence-corrected chi connectivity index (χ2v) is 6.17. The van der Waals surface area contributed by atoms with Gasteiger partial charge in [0, 0.05) is 30.2 Å². The van der Waals surface area contributed by atoms with Crippen molar-refractivity contribution in [2.75, 3.05) is 37.7 Å². The standard InChI is InChI=1S/C14H19ClN2O2S/c15-12-10-11(2-3-13(12)19-7-1-4-16)14(18)17-5-8-20-9-6-17/h2-3,10H,1,4-9,16H2. The van der Waals surface area contributed by atoms with Gasteiger partial charge in [-0.1, -0.05) is 11.6 Å². The van der Waals surface area contributed by atoms with Crippen molar-refractivity contribution in [3.05, 3.63) is 28.8 Å². The van der Waals surface area contributed by atoms with Crippen molar-refractivity contribution < 1.29 is 9.53 Å². The number of nitrogens with zero attached hydrogens (tertiary/aromatic N) is 1. The van der Waals surface area contributed by atoms with Crippen LogP contribution in [0, 0.1) is 0 Å². The Hall–Kier alpha value is -0.910. The Bertz CT molecular complexity index is 464. The summed E-state index contributed by atoms with van der Waals surface area (Å²) in [7, 11) is 0. The maximum Gasteiger partial charge on any atom is 0.253 e. The molecule has 0 aliphatic carbocycles. The molecule has 6 heteroatoms. The van der Waals surface area contributed by atoms with Gasteiger partial charge >= 0.3 is 0 Å². The normalized spacial score (nSPS) is 15.2. The fourth-order valence-electron chi connectivity index (χ4n) is 1.97. The average molecular weight is 315 g/mol. The first-order valence-electron chi connectivity index (χ1n) is 6.72. The van der Waals surface area contributed by atoms with E-state index in [1.165, 1.54) is 0 Å². The molecule has 1 aliphatic heterocycles. The number of benzene rings is 1. The van der Waals surface area contributed by atoms with Crippen molar-refractivity contribution in [2.24, 2.45) is 5.73 Å². The van der Waals surface area contributed by atoms with Crippen LogP contribution >= 0.6 is 23.4 Å². The van der Waals surface area contributed by atoms with Crippen LogP contribution < -0.4 is 10.5 Å². The van der Waals surface area contributed by atoms with Gasteiger partial charge in [-0.05, 0) is 31.2 Å². The Morgan fingerprint density at radius 3 is 2.80 bits per heavy atom. The van der Waals surface area contributed by atoms with Crippen molar-refractivity contribution in [1.82, 2.24) is 4.90 Å². The molecule has 2 N–H and O–H groups in total. The van der Waals surface area contributed by atoms with Gasteiger partial charge in [0.05, 0.1) is 11.6 Å². The number of ether oxygens (including phenoxy) is 1. The van der Waals surface area contributed by atoms with Gasteiger partial charge in [0.2, 0.25) is 0 Å². The predicted molar refractivity (Wildman–Crippen MR) is 83.8 cm³/mol. The smallest absolute Gasteiger partial charge is 0.253 e. The van der Waals surface area contributed by atoms with E-state index in [-0.39, 0.29) is 5.91 Å². The number of hydrogen-bond donors (Lipinski definition) is 1. The molecule has 1 amide bonds. The lowest BCUT2D eigenvalue weighted by atomic mass is 10.2. The van der Waals surface area contributed by atoms with Gasteiger partial charge in [-0.15, -0.1) is 0 Å². The zero-order valence-corrected chi connectivity index (χ0v) is 12.9. The summed E-state index contributed by atoms with van der Waals surface area (Å²) in [6.07, 6.45) is 0.780. The van der Waals surface area contributed by atoms with Crippen molar-refractivity contribution in [2.45, 2.75) is 6.42 Å². The van der Waals surface area contributed by atoms with Gasteiger partial charge in [0.1, 0.15) is 5.75 Å². The summed E-state index contributed by atoms with van der Waals surface area (Å²) in [4.78, 5) is 14.2. The molecule has 1 heterocycles. The molecule has 2 rings (SSSR count). The first-order chi connectivity index (χ1) is 9.72. The van der Waals surface area contributed by atoms with Crippen LogP contribution in [0.2, 0.25) is 5.02 Å². The summed E-state index contributed by atoms with van der Waals surface area (Å²) in [5.74, 6) is 2.64. The zero-order chi connectivity index (χ0) is 14.4. The quantitative estimate of drug-likeness (QED) is 0.847. The maximum atomic E-state index is 12.3. The summed E-state index contributed by atoms with van der Waals surface area (Å²) < 4.78 is 5.52. The minimum absolute atomic E-state index is 0.0423. The van der Waals surface area contributed by atoms with E-state index in [0.29, 0.717) is 29.5 Å². The van der Waals surface area contributed by atoms with Crippen LogP contribution in [0.4, 0.5) is 0 Å². The lowest BCUT2D eigenvalue weighted by Gasteiger charge is -2.26. The van der Waals surface area contributed by atoms with Crippen LogP contribution in [0.3, 0.4) is 0 Å². The second-order valence-electron chi connectivity index (χ2n) is 4.54. The SMILES string of the molecule is NCCCOc1ccc(C(=O)N2CCSCC2)cc1Cl. The van der Waals surface area contributed by atoms with Crippen molar-refractivity contribution >= 4 is 29.3 Å². The van der Waals surface area contributed by atoms with E-state index in [1.807, 2.05) is 16.7 Å². The Balaban J connectivity index is 2.02. The number of nitrogens with two attached hydrogens (primary N) is 1. The van der Waals surface area contributed by atoms with Crippen LogP contribution in [-0.2, 0) is 0 Å². The number of hydrogen-bond acceptors (Lipinski definition) is 4. The molecule has 4 nitrogen and oxygen atoms in total. The highest BCUT2D eigenvalue weighted by atomic mass is 35.5. The highest BCUT2D eigenvalue weighted by Crippen LogP contribution is 2.26. The topological polar surface area (TPSA) is 55.6 Å². The monoisotopic (exact) mass is 314 g/mol. The van der Waals surface area contributed by atoms with E-state index in [2.05, 4.69) is 0 Å². The van der Waals surface area contributed by atoms with E-state index in [9.17, 15) is 4.79 Å². The number of halogens is 1. The fraction of sp³-hybridized carbons (Fsp3) is 0.500. The zero-order valence-electron chi connectivity index (χ0n) is 11.3. The van der Waals surface area contributed by atoms with Crippen LogP contribution in [0.5, 0.6) is 5.75 Å². The number of thioether (sulfide) groups is 1. The third-order valence-corrected chi connectivity index (χ3v) is 4.32. The Kier molecular flexibility index (Phi) is 6.01. The molecule has 0 spiro atoms. The Morgan fingerprint density at radius 1 is 1.40 bits per heavy atom. The third-order valence-electron chi connectivity index (χ3n) is 3.08. The number of carbonyl (C=O) groups excluding carboxylic acids is 1. The molecule has 1 aromatic rings. The molecule has 1 saturated heterocycles. The predicted octanol–water partition coefficient (Wildman–Crippen LogP) is 2.26.